The summed E-state index contributed by atoms with van der Waals surface area (Å²) in [6.45, 7) is 6.56. The zero-order valence-electron chi connectivity index (χ0n) is 7.95. The Hall–Kier alpha value is -0.570. The van der Waals surface area contributed by atoms with Gasteiger partial charge in [-0.05, 0) is 13.3 Å². The lowest BCUT2D eigenvalue weighted by molar-refractivity contribution is 0.200. The summed E-state index contributed by atoms with van der Waals surface area (Å²) in [6, 6.07) is 0.672. The van der Waals surface area contributed by atoms with Gasteiger partial charge in [-0.1, -0.05) is 12.1 Å². The number of piperidine rings is 1. The molecule has 1 atom stereocenters. The average molecular weight is 170 g/mol. The van der Waals surface area contributed by atoms with Crippen molar-refractivity contribution >= 4 is 5.71 Å². The quantitative estimate of drug-likeness (QED) is 0.506. The van der Waals surface area contributed by atoms with E-state index in [0.717, 1.165) is 31.6 Å². The first kappa shape index (κ1) is 9.52. The first-order valence-electron chi connectivity index (χ1n) is 4.71. The molecule has 1 saturated heterocycles. The third kappa shape index (κ3) is 2.21. The molecule has 1 rings (SSSR count). The van der Waals surface area contributed by atoms with Crippen LogP contribution >= 0.6 is 0 Å². The molecule has 0 aromatic carbocycles. The summed E-state index contributed by atoms with van der Waals surface area (Å²) in [6.07, 6.45) is 3.06. The SMILES string of the molecule is CCC(C)N1CCC(=NO)CC1. The molecule has 0 aliphatic carbocycles. The normalized spacial score (nSPS) is 22.3. The number of oxime groups is 1. The molecule has 1 heterocycles. The minimum atomic E-state index is 0.672. The Balaban J connectivity index is 2.35. The maximum Gasteiger partial charge on any atom is 0.0596 e. The van der Waals surface area contributed by atoms with Crippen LogP contribution in [-0.4, -0.2) is 35.0 Å². The lowest BCUT2D eigenvalue weighted by Gasteiger charge is -2.31. The average Bonchev–Trinajstić information content (AvgIpc) is 2.17. The van der Waals surface area contributed by atoms with Gasteiger partial charge in [-0.15, -0.1) is 0 Å². The van der Waals surface area contributed by atoms with E-state index >= 15 is 0 Å². The highest BCUT2D eigenvalue weighted by atomic mass is 16.4. The zero-order valence-corrected chi connectivity index (χ0v) is 7.95. The first-order chi connectivity index (χ1) is 5.77. The number of hydrogen-bond acceptors (Lipinski definition) is 3. The molecule has 3 heteroatoms. The van der Waals surface area contributed by atoms with Crippen LogP contribution in [0, 0.1) is 0 Å². The van der Waals surface area contributed by atoms with Gasteiger partial charge in [0.1, 0.15) is 0 Å². The van der Waals surface area contributed by atoms with Gasteiger partial charge >= 0.3 is 0 Å². The van der Waals surface area contributed by atoms with E-state index < -0.39 is 0 Å². The van der Waals surface area contributed by atoms with Crippen molar-refractivity contribution in [2.75, 3.05) is 13.1 Å². The maximum absolute atomic E-state index is 8.54. The van der Waals surface area contributed by atoms with E-state index in [2.05, 4.69) is 23.9 Å². The molecule has 0 radical (unpaired) electrons. The highest BCUT2D eigenvalue weighted by Gasteiger charge is 2.18. The fraction of sp³-hybridized carbons (Fsp3) is 0.889. The van der Waals surface area contributed by atoms with Crippen LogP contribution in [0.5, 0.6) is 0 Å². The molecule has 0 aromatic heterocycles. The third-order valence-corrected chi connectivity index (χ3v) is 2.73. The van der Waals surface area contributed by atoms with Crippen molar-refractivity contribution in [1.29, 1.82) is 0 Å². The van der Waals surface area contributed by atoms with E-state index in [1.165, 1.54) is 6.42 Å². The van der Waals surface area contributed by atoms with Gasteiger partial charge in [-0.25, -0.2) is 0 Å². The monoisotopic (exact) mass is 170 g/mol. The van der Waals surface area contributed by atoms with E-state index in [4.69, 9.17) is 5.21 Å². The minimum Gasteiger partial charge on any atom is -0.411 e. The molecule has 1 fully saturated rings. The van der Waals surface area contributed by atoms with Crippen LogP contribution in [-0.2, 0) is 0 Å². The fourth-order valence-corrected chi connectivity index (χ4v) is 1.58. The van der Waals surface area contributed by atoms with Gasteiger partial charge in [-0.3, -0.25) is 4.90 Å². The largest absolute Gasteiger partial charge is 0.411 e. The first-order valence-corrected chi connectivity index (χ1v) is 4.71. The second kappa shape index (κ2) is 4.45. The second-order valence-corrected chi connectivity index (χ2v) is 3.46. The van der Waals surface area contributed by atoms with Crippen LogP contribution < -0.4 is 0 Å². The standard InChI is InChI=1S/C9H18N2O/c1-3-8(2)11-6-4-9(10-12)5-7-11/h8,12H,3-7H2,1-2H3. The van der Waals surface area contributed by atoms with Gasteiger partial charge in [-0.2, -0.15) is 0 Å². The summed E-state index contributed by atoms with van der Waals surface area (Å²) in [7, 11) is 0. The Bertz CT molecular complexity index is 158. The summed E-state index contributed by atoms with van der Waals surface area (Å²) in [5, 5.41) is 11.8. The molecule has 70 valence electrons. The van der Waals surface area contributed by atoms with E-state index in [0.29, 0.717) is 6.04 Å². The number of rotatable bonds is 2. The Morgan fingerprint density at radius 2 is 2.08 bits per heavy atom. The fourth-order valence-electron chi connectivity index (χ4n) is 1.58. The van der Waals surface area contributed by atoms with Crippen molar-refractivity contribution in [1.82, 2.24) is 4.90 Å². The molecule has 3 nitrogen and oxygen atoms in total. The lowest BCUT2D eigenvalue weighted by Crippen LogP contribution is -2.39. The van der Waals surface area contributed by atoms with Gasteiger partial charge in [0, 0.05) is 32.0 Å². The molecule has 12 heavy (non-hydrogen) atoms. The topological polar surface area (TPSA) is 35.8 Å². The predicted octanol–water partition coefficient (Wildman–Crippen LogP) is 1.71. The van der Waals surface area contributed by atoms with E-state index in [9.17, 15) is 0 Å². The Kier molecular flexibility index (Phi) is 3.53. The summed E-state index contributed by atoms with van der Waals surface area (Å²) < 4.78 is 0. The van der Waals surface area contributed by atoms with Crippen LogP contribution in [0.3, 0.4) is 0 Å². The number of nitrogens with zero attached hydrogens (tertiary/aromatic N) is 2. The molecule has 1 unspecified atom stereocenters. The van der Waals surface area contributed by atoms with Crippen LogP contribution in [0.2, 0.25) is 0 Å². The molecule has 1 aliphatic heterocycles. The molecule has 0 bridgehead atoms. The van der Waals surface area contributed by atoms with Crippen molar-refractivity contribution in [3.05, 3.63) is 0 Å². The summed E-state index contributed by atoms with van der Waals surface area (Å²) in [5.41, 5.74) is 0.953. The molecule has 0 spiro atoms. The van der Waals surface area contributed by atoms with Crippen LogP contribution in [0.15, 0.2) is 5.16 Å². The maximum atomic E-state index is 8.54. The van der Waals surface area contributed by atoms with E-state index in [1.54, 1.807) is 0 Å². The van der Waals surface area contributed by atoms with E-state index in [-0.39, 0.29) is 0 Å². The summed E-state index contributed by atoms with van der Waals surface area (Å²) in [5.74, 6) is 0. The van der Waals surface area contributed by atoms with Crippen molar-refractivity contribution in [3.8, 4) is 0 Å². The Morgan fingerprint density at radius 3 is 2.50 bits per heavy atom. The molecule has 0 saturated carbocycles. The Morgan fingerprint density at radius 1 is 1.50 bits per heavy atom. The smallest absolute Gasteiger partial charge is 0.0596 e. The van der Waals surface area contributed by atoms with Gasteiger partial charge in [0.15, 0.2) is 0 Å². The van der Waals surface area contributed by atoms with Gasteiger partial charge in [0.05, 0.1) is 5.71 Å². The van der Waals surface area contributed by atoms with Crippen molar-refractivity contribution in [2.45, 2.75) is 39.2 Å². The predicted molar refractivity (Wildman–Crippen MR) is 49.8 cm³/mol. The summed E-state index contributed by atoms with van der Waals surface area (Å²) in [4.78, 5) is 2.45. The molecule has 1 N–H and O–H groups in total. The zero-order chi connectivity index (χ0) is 8.97. The second-order valence-electron chi connectivity index (χ2n) is 3.46. The molecular weight excluding hydrogens is 152 g/mol. The van der Waals surface area contributed by atoms with Crippen LogP contribution in [0.4, 0.5) is 0 Å². The number of hydrogen-bond donors (Lipinski definition) is 1. The Labute approximate surface area is 74.1 Å². The van der Waals surface area contributed by atoms with Crippen molar-refractivity contribution in [3.63, 3.8) is 0 Å². The molecule has 0 amide bonds. The van der Waals surface area contributed by atoms with Gasteiger partial charge in [0.2, 0.25) is 0 Å². The summed E-state index contributed by atoms with van der Waals surface area (Å²) >= 11 is 0. The van der Waals surface area contributed by atoms with Crippen molar-refractivity contribution in [2.24, 2.45) is 5.16 Å². The van der Waals surface area contributed by atoms with Gasteiger partial charge < -0.3 is 5.21 Å². The highest BCUT2D eigenvalue weighted by Crippen LogP contribution is 2.12. The lowest BCUT2D eigenvalue weighted by atomic mass is 10.1. The van der Waals surface area contributed by atoms with Crippen molar-refractivity contribution < 1.29 is 5.21 Å². The minimum absolute atomic E-state index is 0.672. The van der Waals surface area contributed by atoms with E-state index in [1.807, 2.05) is 0 Å². The number of likely N-dealkylation sites (tertiary alicyclic amines) is 1. The van der Waals surface area contributed by atoms with Crippen LogP contribution in [0.1, 0.15) is 33.1 Å². The van der Waals surface area contributed by atoms with Gasteiger partial charge in [0.25, 0.3) is 0 Å². The highest BCUT2D eigenvalue weighted by molar-refractivity contribution is 5.84. The van der Waals surface area contributed by atoms with Crippen LogP contribution in [0.25, 0.3) is 0 Å². The molecular formula is C9H18N2O. The molecule has 0 aromatic rings. The third-order valence-electron chi connectivity index (χ3n) is 2.73. The molecule has 1 aliphatic rings.